The standard InChI is InChI=1S/C17H23BrN2S/c1-4-6-15-16(11-19-9-5-2)21-17(20-15)14-8-7-13(18)10-12(14)3/h7-8,10,19H,4-6,9,11H2,1-3H3. The summed E-state index contributed by atoms with van der Waals surface area (Å²) < 4.78 is 1.12. The summed E-state index contributed by atoms with van der Waals surface area (Å²) in [6.07, 6.45) is 3.37. The highest BCUT2D eigenvalue weighted by molar-refractivity contribution is 9.10. The molecule has 0 amide bonds. The number of aromatic nitrogens is 1. The van der Waals surface area contributed by atoms with Crippen molar-refractivity contribution in [2.75, 3.05) is 6.54 Å². The Bertz CT molecular complexity index is 592. The molecule has 114 valence electrons. The lowest BCUT2D eigenvalue weighted by Crippen LogP contribution is -2.13. The number of hydrogen-bond donors (Lipinski definition) is 1. The Morgan fingerprint density at radius 1 is 1.24 bits per heavy atom. The van der Waals surface area contributed by atoms with Gasteiger partial charge in [-0.2, -0.15) is 0 Å². The molecule has 0 aliphatic heterocycles. The number of thiazole rings is 1. The van der Waals surface area contributed by atoms with Gasteiger partial charge in [-0.1, -0.05) is 42.3 Å². The summed E-state index contributed by atoms with van der Waals surface area (Å²) in [4.78, 5) is 6.29. The van der Waals surface area contributed by atoms with Gasteiger partial charge in [0.1, 0.15) is 5.01 Å². The quantitative estimate of drug-likeness (QED) is 0.669. The van der Waals surface area contributed by atoms with Crippen molar-refractivity contribution in [3.8, 4) is 10.6 Å². The monoisotopic (exact) mass is 366 g/mol. The van der Waals surface area contributed by atoms with Crippen molar-refractivity contribution >= 4 is 27.3 Å². The molecule has 1 heterocycles. The zero-order valence-corrected chi connectivity index (χ0v) is 15.4. The first-order valence-corrected chi connectivity index (χ1v) is 9.22. The molecule has 4 heteroatoms. The number of benzene rings is 1. The molecule has 0 fully saturated rings. The minimum Gasteiger partial charge on any atom is -0.312 e. The van der Waals surface area contributed by atoms with Gasteiger partial charge in [-0.3, -0.25) is 0 Å². The van der Waals surface area contributed by atoms with Gasteiger partial charge in [0.25, 0.3) is 0 Å². The van der Waals surface area contributed by atoms with Gasteiger partial charge in [-0.25, -0.2) is 4.98 Å². The molecular weight excluding hydrogens is 344 g/mol. The van der Waals surface area contributed by atoms with Crippen LogP contribution in [0, 0.1) is 6.92 Å². The van der Waals surface area contributed by atoms with Gasteiger partial charge in [0.15, 0.2) is 0 Å². The average molecular weight is 367 g/mol. The first-order valence-electron chi connectivity index (χ1n) is 7.61. The van der Waals surface area contributed by atoms with E-state index >= 15 is 0 Å². The van der Waals surface area contributed by atoms with E-state index in [2.05, 4.69) is 60.2 Å². The third-order valence-electron chi connectivity index (χ3n) is 3.40. The van der Waals surface area contributed by atoms with Crippen LogP contribution in [0.5, 0.6) is 0 Å². The van der Waals surface area contributed by atoms with E-state index < -0.39 is 0 Å². The Kier molecular flexibility index (Phi) is 6.40. The number of rotatable bonds is 7. The zero-order valence-electron chi connectivity index (χ0n) is 13.0. The van der Waals surface area contributed by atoms with E-state index in [0.29, 0.717) is 0 Å². The van der Waals surface area contributed by atoms with Crippen molar-refractivity contribution in [2.24, 2.45) is 0 Å². The Labute approximate surface area is 140 Å². The fourth-order valence-corrected chi connectivity index (χ4v) is 3.96. The van der Waals surface area contributed by atoms with Gasteiger partial charge < -0.3 is 5.32 Å². The normalized spacial score (nSPS) is 11.0. The van der Waals surface area contributed by atoms with Gasteiger partial charge in [-0.15, -0.1) is 11.3 Å². The van der Waals surface area contributed by atoms with Crippen LogP contribution in [0.25, 0.3) is 10.6 Å². The van der Waals surface area contributed by atoms with E-state index in [9.17, 15) is 0 Å². The third-order valence-corrected chi connectivity index (χ3v) is 5.02. The fourth-order valence-electron chi connectivity index (χ4n) is 2.31. The van der Waals surface area contributed by atoms with Crippen LogP contribution in [0.2, 0.25) is 0 Å². The van der Waals surface area contributed by atoms with Gasteiger partial charge >= 0.3 is 0 Å². The number of nitrogens with zero attached hydrogens (tertiary/aromatic N) is 1. The molecular formula is C17H23BrN2S. The number of nitrogens with one attached hydrogen (secondary N) is 1. The van der Waals surface area contributed by atoms with Crippen LogP contribution in [0.3, 0.4) is 0 Å². The predicted octanol–water partition coefficient (Wildman–Crippen LogP) is 5.33. The highest BCUT2D eigenvalue weighted by Gasteiger charge is 2.13. The van der Waals surface area contributed by atoms with E-state index in [4.69, 9.17) is 4.98 Å². The molecule has 0 aliphatic rings. The predicted molar refractivity (Wildman–Crippen MR) is 96.0 cm³/mol. The number of halogens is 1. The summed E-state index contributed by atoms with van der Waals surface area (Å²) in [7, 11) is 0. The lowest BCUT2D eigenvalue weighted by atomic mass is 10.1. The molecule has 1 N–H and O–H groups in total. The van der Waals surface area contributed by atoms with E-state index in [0.717, 1.165) is 35.4 Å². The van der Waals surface area contributed by atoms with E-state index in [1.165, 1.54) is 28.1 Å². The smallest absolute Gasteiger partial charge is 0.124 e. The second-order valence-electron chi connectivity index (χ2n) is 5.27. The molecule has 1 aromatic carbocycles. The van der Waals surface area contributed by atoms with Crippen molar-refractivity contribution < 1.29 is 0 Å². The molecule has 0 saturated heterocycles. The minimum absolute atomic E-state index is 0.941. The summed E-state index contributed by atoms with van der Waals surface area (Å²) in [6.45, 7) is 8.57. The highest BCUT2D eigenvalue weighted by Crippen LogP contribution is 2.32. The summed E-state index contributed by atoms with van der Waals surface area (Å²) in [5, 5.41) is 4.65. The van der Waals surface area contributed by atoms with Crippen LogP contribution >= 0.6 is 27.3 Å². The maximum absolute atomic E-state index is 4.90. The Balaban J connectivity index is 2.29. The first-order chi connectivity index (χ1) is 10.2. The minimum atomic E-state index is 0.941. The Morgan fingerprint density at radius 2 is 2.05 bits per heavy atom. The third kappa shape index (κ3) is 4.38. The Morgan fingerprint density at radius 3 is 2.71 bits per heavy atom. The average Bonchev–Trinajstić information content (AvgIpc) is 2.82. The number of aryl methyl sites for hydroxylation is 2. The summed E-state index contributed by atoms with van der Waals surface area (Å²) in [5.41, 5.74) is 3.79. The summed E-state index contributed by atoms with van der Waals surface area (Å²) in [6, 6.07) is 6.42. The lowest BCUT2D eigenvalue weighted by molar-refractivity contribution is 0.674. The molecule has 0 bridgehead atoms. The fraction of sp³-hybridized carbons (Fsp3) is 0.471. The van der Waals surface area contributed by atoms with Gasteiger partial charge in [-0.05, 0) is 44.0 Å². The van der Waals surface area contributed by atoms with E-state index in [-0.39, 0.29) is 0 Å². The topological polar surface area (TPSA) is 24.9 Å². The van der Waals surface area contributed by atoms with E-state index in [1.807, 2.05) is 11.3 Å². The second kappa shape index (κ2) is 8.06. The molecule has 1 aromatic heterocycles. The molecule has 21 heavy (non-hydrogen) atoms. The van der Waals surface area contributed by atoms with Gasteiger partial charge in [0.2, 0.25) is 0 Å². The van der Waals surface area contributed by atoms with Crippen LogP contribution in [-0.4, -0.2) is 11.5 Å². The van der Waals surface area contributed by atoms with Crippen LogP contribution in [0.4, 0.5) is 0 Å². The molecule has 0 unspecified atom stereocenters. The molecule has 0 aliphatic carbocycles. The number of hydrogen-bond acceptors (Lipinski definition) is 3. The maximum Gasteiger partial charge on any atom is 0.124 e. The molecule has 2 nitrogen and oxygen atoms in total. The Hall–Kier alpha value is -0.710. The van der Waals surface area contributed by atoms with Crippen molar-refractivity contribution in [1.82, 2.24) is 10.3 Å². The molecule has 0 atom stereocenters. The van der Waals surface area contributed by atoms with Crippen molar-refractivity contribution in [3.63, 3.8) is 0 Å². The summed E-state index contributed by atoms with van der Waals surface area (Å²) in [5.74, 6) is 0. The maximum atomic E-state index is 4.90. The molecule has 2 aromatic rings. The van der Waals surface area contributed by atoms with Crippen molar-refractivity contribution in [3.05, 3.63) is 38.8 Å². The summed E-state index contributed by atoms with van der Waals surface area (Å²) >= 11 is 5.36. The van der Waals surface area contributed by atoms with Gasteiger partial charge in [0.05, 0.1) is 5.69 Å². The van der Waals surface area contributed by atoms with Crippen molar-refractivity contribution in [1.29, 1.82) is 0 Å². The van der Waals surface area contributed by atoms with E-state index in [1.54, 1.807) is 0 Å². The molecule has 0 saturated carbocycles. The lowest BCUT2D eigenvalue weighted by Gasteiger charge is -2.02. The van der Waals surface area contributed by atoms with Crippen LogP contribution < -0.4 is 5.32 Å². The van der Waals surface area contributed by atoms with Crippen molar-refractivity contribution in [2.45, 2.75) is 46.6 Å². The SMILES string of the molecule is CCCNCc1sc(-c2ccc(Br)cc2C)nc1CCC. The second-order valence-corrected chi connectivity index (χ2v) is 7.27. The zero-order chi connectivity index (χ0) is 15.2. The molecule has 0 spiro atoms. The largest absolute Gasteiger partial charge is 0.312 e. The highest BCUT2D eigenvalue weighted by atomic mass is 79.9. The van der Waals surface area contributed by atoms with Crippen LogP contribution in [0.15, 0.2) is 22.7 Å². The van der Waals surface area contributed by atoms with Crippen LogP contribution in [0.1, 0.15) is 42.8 Å². The molecule has 0 radical (unpaired) electrons. The van der Waals surface area contributed by atoms with Crippen LogP contribution in [-0.2, 0) is 13.0 Å². The molecule has 2 rings (SSSR count). The first kappa shape index (κ1) is 16.7. The van der Waals surface area contributed by atoms with Gasteiger partial charge in [0, 0.05) is 21.5 Å².